The Morgan fingerprint density at radius 3 is 2.23 bits per heavy atom. The summed E-state index contributed by atoms with van der Waals surface area (Å²) in [6.45, 7) is 0.611. The molecule has 22 heavy (non-hydrogen) atoms. The summed E-state index contributed by atoms with van der Waals surface area (Å²) in [6.07, 6.45) is 0. The molecule has 0 heterocycles. The third-order valence-corrected chi connectivity index (χ3v) is 2.59. The lowest BCUT2D eigenvalue weighted by Gasteiger charge is -2.13. The topological polar surface area (TPSA) is 117 Å². The molecule has 122 valence electrons. The molecule has 9 heteroatoms. The number of rotatable bonds is 10. The molecule has 0 aliphatic heterocycles. The first kappa shape index (κ1) is 17.7. The first-order valence-corrected chi connectivity index (χ1v) is 6.31. The predicted octanol–water partition coefficient (Wildman–Crippen LogP) is 1.34. The van der Waals surface area contributed by atoms with Crippen molar-refractivity contribution in [3.05, 3.63) is 27.8 Å². The molecular formula is C13H17NO8. The number of aromatic carboxylic acids is 1. The van der Waals surface area contributed by atoms with Crippen LogP contribution in [-0.2, 0) is 9.47 Å². The number of carboxylic acid groups (broad SMARTS) is 1. The van der Waals surface area contributed by atoms with Gasteiger partial charge in [-0.25, -0.2) is 4.79 Å². The van der Waals surface area contributed by atoms with E-state index in [1.807, 2.05) is 0 Å². The maximum absolute atomic E-state index is 11.2. The van der Waals surface area contributed by atoms with Gasteiger partial charge in [-0.3, -0.25) is 10.1 Å². The number of ether oxygens (including phenoxy) is 4. The van der Waals surface area contributed by atoms with Crippen molar-refractivity contribution in [1.82, 2.24) is 0 Å². The summed E-state index contributed by atoms with van der Waals surface area (Å²) in [6, 6.07) is 2.42. The van der Waals surface area contributed by atoms with E-state index in [0.717, 1.165) is 6.07 Å². The molecule has 1 N–H and O–H groups in total. The molecule has 0 fully saturated rings. The van der Waals surface area contributed by atoms with Crippen molar-refractivity contribution in [2.24, 2.45) is 0 Å². The summed E-state index contributed by atoms with van der Waals surface area (Å²) < 4.78 is 20.3. The molecule has 0 unspecified atom stereocenters. The highest BCUT2D eigenvalue weighted by atomic mass is 16.6. The van der Waals surface area contributed by atoms with Gasteiger partial charge in [0, 0.05) is 14.2 Å². The number of hydrogen-bond acceptors (Lipinski definition) is 7. The molecule has 1 aromatic rings. The van der Waals surface area contributed by atoms with Gasteiger partial charge in [0.25, 0.3) is 0 Å². The first-order chi connectivity index (χ1) is 10.5. The average molecular weight is 315 g/mol. The Bertz CT molecular complexity index is 531. The molecule has 9 nitrogen and oxygen atoms in total. The summed E-state index contributed by atoms with van der Waals surface area (Å²) in [5, 5.41) is 20.3. The molecule has 1 aromatic carbocycles. The van der Waals surface area contributed by atoms with Crippen LogP contribution in [0.1, 0.15) is 10.4 Å². The number of nitro groups is 1. The minimum Gasteiger partial charge on any atom is -0.487 e. The van der Waals surface area contributed by atoms with Crippen LogP contribution in [0.25, 0.3) is 0 Å². The van der Waals surface area contributed by atoms with E-state index in [1.54, 1.807) is 0 Å². The number of carboxylic acids is 1. The Kier molecular flexibility index (Phi) is 7.06. The smallest absolute Gasteiger partial charge is 0.342 e. The van der Waals surface area contributed by atoms with Crippen LogP contribution in [0.4, 0.5) is 5.69 Å². The van der Waals surface area contributed by atoms with Crippen LogP contribution in [0.3, 0.4) is 0 Å². The average Bonchev–Trinajstić information content (AvgIpc) is 2.47. The normalized spacial score (nSPS) is 10.3. The third-order valence-electron chi connectivity index (χ3n) is 2.59. The molecule has 0 aliphatic rings. The van der Waals surface area contributed by atoms with Gasteiger partial charge < -0.3 is 24.1 Å². The van der Waals surface area contributed by atoms with Gasteiger partial charge >= 0.3 is 11.7 Å². The standard InChI is InChI=1S/C13H17NO8/c1-19-5-7-21-10-4-3-9(13(15)16)11(14(17)18)12(10)22-8-6-20-2/h3-4H,5-8H2,1-2H3,(H,15,16). The van der Waals surface area contributed by atoms with Crippen molar-refractivity contribution in [3.8, 4) is 11.5 Å². The van der Waals surface area contributed by atoms with Crippen LogP contribution in [0.2, 0.25) is 0 Å². The van der Waals surface area contributed by atoms with E-state index in [1.165, 1.54) is 20.3 Å². The van der Waals surface area contributed by atoms with Crippen molar-refractivity contribution >= 4 is 11.7 Å². The SMILES string of the molecule is COCCOc1ccc(C(=O)O)c([N+](=O)[O-])c1OCCOC. The van der Waals surface area contributed by atoms with Crippen molar-refractivity contribution in [2.45, 2.75) is 0 Å². The van der Waals surface area contributed by atoms with Crippen LogP contribution in [-0.4, -0.2) is 56.6 Å². The van der Waals surface area contributed by atoms with Crippen LogP contribution in [0, 0.1) is 10.1 Å². The maximum Gasteiger partial charge on any atom is 0.342 e. The molecule has 0 radical (unpaired) electrons. The number of nitrogens with zero attached hydrogens (tertiary/aromatic N) is 1. The summed E-state index contributed by atoms with van der Waals surface area (Å²) >= 11 is 0. The number of carbonyl (C=O) groups is 1. The van der Waals surface area contributed by atoms with E-state index >= 15 is 0 Å². The van der Waals surface area contributed by atoms with Crippen molar-refractivity contribution in [3.63, 3.8) is 0 Å². The lowest BCUT2D eigenvalue weighted by atomic mass is 10.1. The van der Waals surface area contributed by atoms with Gasteiger partial charge in [0.2, 0.25) is 5.75 Å². The molecule has 0 atom stereocenters. The lowest BCUT2D eigenvalue weighted by Crippen LogP contribution is -2.12. The molecular weight excluding hydrogens is 298 g/mol. The molecule has 0 saturated carbocycles. The van der Waals surface area contributed by atoms with Crippen LogP contribution in [0.15, 0.2) is 12.1 Å². The van der Waals surface area contributed by atoms with E-state index in [9.17, 15) is 14.9 Å². The van der Waals surface area contributed by atoms with Gasteiger partial charge in [0.1, 0.15) is 18.8 Å². The van der Waals surface area contributed by atoms with Gasteiger partial charge in [0.15, 0.2) is 5.75 Å². The second kappa shape index (κ2) is 8.80. The van der Waals surface area contributed by atoms with Gasteiger partial charge in [-0.05, 0) is 12.1 Å². The Labute approximate surface area is 126 Å². The molecule has 0 aliphatic carbocycles. The second-order valence-corrected chi connectivity index (χ2v) is 4.03. The Hall–Kier alpha value is -2.39. The van der Waals surface area contributed by atoms with E-state index in [-0.39, 0.29) is 37.9 Å². The van der Waals surface area contributed by atoms with Crippen molar-refractivity contribution < 1.29 is 33.8 Å². The van der Waals surface area contributed by atoms with Crippen molar-refractivity contribution in [2.75, 3.05) is 40.6 Å². The van der Waals surface area contributed by atoms with E-state index in [4.69, 9.17) is 24.1 Å². The van der Waals surface area contributed by atoms with Crippen LogP contribution >= 0.6 is 0 Å². The zero-order valence-corrected chi connectivity index (χ0v) is 12.2. The Balaban J connectivity index is 3.21. The molecule has 0 amide bonds. The number of benzene rings is 1. The molecule has 0 saturated heterocycles. The quantitative estimate of drug-likeness (QED) is 0.390. The van der Waals surface area contributed by atoms with Gasteiger partial charge in [-0.15, -0.1) is 0 Å². The van der Waals surface area contributed by atoms with Crippen molar-refractivity contribution in [1.29, 1.82) is 0 Å². The fourth-order valence-corrected chi connectivity index (χ4v) is 1.62. The minimum atomic E-state index is -1.42. The van der Waals surface area contributed by atoms with Gasteiger partial charge in [0.05, 0.1) is 18.1 Å². The summed E-state index contributed by atoms with van der Waals surface area (Å²) in [5.74, 6) is -1.59. The molecule has 0 bridgehead atoms. The van der Waals surface area contributed by atoms with Gasteiger partial charge in [-0.1, -0.05) is 0 Å². The number of methoxy groups -OCH3 is 2. The summed E-state index contributed by atoms with van der Waals surface area (Å²) in [5.41, 5.74) is -1.13. The summed E-state index contributed by atoms with van der Waals surface area (Å²) in [7, 11) is 2.93. The highest BCUT2D eigenvalue weighted by molar-refractivity contribution is 5.94. The fourth-order valence-electron chi connectivity index (χ4n) is 1.62. The Morgan fingerprint density at radius 1 is 1.14 bits per heavy atom. The van der Waals surface area contributed by atoms with E-state index in [0.29, 0.717) is 0 Å². The lowest BCUT2D eigenvalue weighted by molar-refractivity contribution is -0.386. The zero-order valence-electron chi connectivity index (χ0n) is 12.2. The molecule has 1 rings (SSSR count). The molecule has 0 aromatic heterocycles. The molecule has 0 spiro atoms. The monoisotopic (exact) mass is 315 g/mol. The maximum atomic E-state index is 11.2. The number of nitro benzene ring substituents is 1. The van der Waals surface area contributed by atoms with E-state index in [2.05, 4.69) is 0 Å². The van der Waals surface area contributed by atoms with Crippen LogP contribution in [0.5, 0.6) is 11.5 Å². The third kappa shape index (κ3) is 4.57. The first-order valence-electron chi connectivity index (χ1n) is 6.31. The van der Waals surface area contributed by atoms with Crippen LogP contribution < -0.4 is 9.47 Å². The predicted molar refractivity (Wildman–Crippen MR) is 74.8 cm³/mol. The number of hydrogen-bond donors (Lipinski definition) is 1. The second-order valence-electron chi connectivity index (χ2n) is 4.03. The summed E-state index contributed by atoms with van der Waals surface area (Å²) in [4.78, 5) is 21.5. The highest BCUT2D eigenvalue weighted by Crippen LogP contribution is 2.39. The fraction of sp³-hybridized carbons (Fsp3) is 0.462. The minimum absolute atomic E-state index is 0.0149. The van der Waals surface area contributed by atoms with Gasteiger partial charge in [-0.2, -0.15) is 0 Å². The zero-order chi connectivity index (χ0) is 16.5. The highest BCUT2D eigenvalue weighted by Gasteiger charge is 2.29. The van der Waals surface area contributed by atoms with E-state index < -0.39 is 22.1 Å². The Morgan fingerprint density at radius 2 is 1.73 bits per heavy atom. The largest absolute Gasteiger partial charge is 0.487 e.